The summed E-state index contributed by atoms with van der Waals surface area (Å²) in [5.74, 6) is -0.607. The standard InChI is InChI=1S/C27H32N4O3/c1-18-8-10-19(11-9-18)23(30-14-4-5-15-30)16-28-24(32)17-29-26(33)25-21-6-2-3-7-22(21)27(34)31(25)20-12-13-20/h2-3,6-11,20,23,25H,4-5,12-17H2,1H3,(H,28,32)(H,29,33). The van der Waals surface area contributed by atoms with Crippen molar-refractivity contribution in [2.45, 2.75) is 50.7 Å². The molecule has 2 atom stereocenters. The summed E-state index contributed by atoms with van der Waals surface area (Å²) in [5.41, 5.74) is 3.72. The third kappa shape index (κ3) is 4.57. The van der Waals surface area contributed by atoms with Gasteiger partial charge in [0.25, 0.3) is 5.91 Å². The molecular formula is C27H32N4O3. The summed E-state index contributed by atoms with van der Waals surface area (Å²) in [7, 11) is 0. The second-order valence-electron chi connectivity index (χ2n) is 9.62. The first-order chi connectivity index (χ1) is 16.5. The highest BCUT2D eigenvalue weighted by molar-refractivity contribution is 6.05. The summed E-state index contributed by atoms with van der Waals surface area (Å²) < 4.78 is 0. The van der Waals surface area contributed by atoms with Gasteiger partial charge in [0.15, 0.2) is 0 Å². The van der Waals surface area contributed by atoms with Gasteiger partial charge in [0.05, 0.1) is 12.6 Å². The van der Waals surface area contributed by atoms with Gasteiger partial charge in [-0.25, -0.2) is 0 Å². The second-order valence-corrected chi connectivity index (χ2v) is 9.62. The summed E-state index contributed by atoms with van der Waals surface area (Å²) in [5, 5.41) is 5.80. The van der Waals surface area contributed by atoms with Crippen LogP contribution in [0.15, 0.2) is 48.5 Å². The number of hydrogen-bond donors (Lipinski definition) is 2. The molecule has 0 spiro atoms. The minimum absolute atomic E-state index is 0.0887. The zero-order valence-electron chi connectivity index (χ0n) is 19.6. The number of hydrogen-bond acceptors (Lipinski definition) is 4. The molecule has 178 valence electrons. The van der Waals surface area contributed by atoms with Gasteiger partial charge in [-0.15, -0.1) is 0 Å². The van der Waals surface area contributed by atoms with Gasteiger partial charge in [-0.2, -0.15) is 0 Å². The third-order valence-electron chi connectivity index (χ3n) is 7.15. The van der Waals surface area contributed by atoms with Crippen LogP contribution in [0.4, 0.5) is 0 Å². The van der Waals surface area contributed by atoms with E-state index in [0.717, 1.165) is 31.5 Å². The monoisotopic (exact) mass is 460 g/mol. The van der Waals surface area contributed by atoms with E-state index in [-0.39, 0.29) is 36.3 Å². The van der Waals surface area contributed by atoms with Crippen molar-refractivity contribution in [3.8, 4) is 0 Å². The Balaban J connectivity index is 1.20. The highest BCUT2D eigenvalue weighted by atomic mass is 16.2. The highest BCUT2D eigenvalue weighted by Crippen LogP contribution is 2.41. The first-order valence-electron chi connectivity index (χ1n) is 12.3. The molecule has 2 unspecified atom stereocenters. The van der Waals surface area contributed by atoms with E-state index in [4.69, 9.17) is 0 Å². The largest absolute Gasteiger partial charge is 0.353 e. The molecule has 7 nitrogen and oxygen atoms in total. The number of nitrogens with one attached hydrogen (secondary N) is 2. The first-order valence-corrected chi connectivity index (χ1v) is 12.3. The highest BCUT2D eigenvalue weighted by Gasteiger charge is 2.47. The molecule has 0 bridgehead atoms. The van der Waals surface area contributed by atoms with E-state index in [2.05, 4.69) is 46.7 Å². The maximum Gasteiger partial charge on any atom is 0.255 e. The van der Waals surface area contributed by atoms with Crippen LogP contribution < -0.4 is 10.6 Å². The van der Waals surface area contributed by atoms with Crippen molar-refractivity contribution >= 4 is 17.7 Å². The fraction of sp³-hybridized carbons (Fsp3) is 0.444. The first kappa shape index (κ1) is 22.6. The van der Waals surface area contributed by atoms with Crippen LogP contribution >= 0.6 is 0 Å². The maximum absolute atomic E-state index is 13.1. The quantitative estimate of drug-likeness (QED) is 0.635. The van der Waals surface area contributed by atoms with E-state index < -0.39 is 6.04 Å². The molecule has 7 heteroatoms. The van der Waals surface area contributed by atoms with Crippen molar-refractivity contribution in [2.24, 2.45) is 0 Å². The molecule has 0 aromatic heterocycles. The lowest BCUT2D eigenvalue weighted by Crippen LogP contribution is -2.45. The zero-order valence-corrected chi connectivity index (χ0v) is 19.6. The Hall–Kier alpha value is -3.19. The van der Waals surface area contributed by atoms with Crippen molar-refractivity contribution in [1.29, 1.82) is 0 Å². The average Bonchev–Trinajstić information content (AvgIpc) is 3.45. The van der Waals surface area contributed by atoms with Gasteiger partial charge in [-0.05, 0) is 62.9 Å². The maximum atomic E-state index is 13.1. The molecule has 1 saturated heterocycles. The minimum Gasteiger partial charge on any atom is -0.353 e. The smallest absolute Gasteiger partial charge is 0.255 e. The molecule has 2 aromatic carbocycles. The Morgan fingerprint density at radius 1 is 1.00 bits per heavy atom. The third-order valence-corrected chi connectivity index (χ3v) is 7.15. The molecule has 2 aliphatic heterocycles. The predicted molar refractivity (Wildman–Crippen MR) is 129 cm³/mol. The lowest BCUT2D eigenvalue weighted by Gasteiger charge is -2.28. The lowest BCUT2D eigenvalue weighted by atomic mass is 10.0. The molecular weight excluding hydrogens is 428 g/mol. The molecule has 1 aliphatic carbocycles. The molecule has 3 aliphatic rings. The van der Waals surface area contributed by atoms with Crippen LogP contribution in [-0.2, 0) is 9.59 Å². The van der Waals surface area contributed by atoms with Crippen LogP contribution in [0.1, 0.15) is 64.8 Å². The topological polar surface area (TPSA) is 81.8 Å². The van der Waals surface area contributed by atoms with Crippen LogP contribution in [0.25, 0.3) is 0 Å². The normalized spacial score (nSPS) is 20.8. The number of nitrogens with zero attached hydrogens (tertiary/aromatic N) is 2. The van der Waals surface area contributed by atoms with E-state index in [1.54, 1.807) is 11.0 Å². The van der Waals surface area contributed by atoms with Crippen LogP contribution in [0.5, 0.6) is 0 Å². The summed E-state index contributed by atoms with van der Waals surface area (Å²) >= 11 is 0. The Bertz CT molecular complexity index is 1070. The second kappa shape index (κ2) is 9.58. The number of benzene rings is 2. The summed E-state index contributed by atoms with van der Waals surface area (Å²) in [6.07, 6.45) is 4.18. The van der Waals surface area contributed by atoms with Gasteiger partial charge in [0.2, 0.25) is 11.8 Å². The Labute approximate surface area is 200 Å². The summed E-state index contributed by atoms with van der Waals surface area (Å²) in [6, 6.07) is 15.3. The number of amides is 3. The Morgan fingerprint density at radius 3 is 2.41 bits per heavy atom. The van der Waals surface area contributed by atoms with Gasteiger partial charge in [0, 0.05) is 18.2 Å². The number of carbonyl (C=O) groups is 3. The molecule has 2 heterocycles. The van der Waals surface area contributed by atoms with Crippen molar-refractivity contribution in [2.75, 3.05) is 26.2 Å². The Morgan fingerprint density at radius 2 is 1.71 bits per heavy atom. The van der Waals surface area contributed by atoms with Gasteiger partial charge >= 0.3 is 0 Å². The fourth-order valence-corrected chi connectivity index (χ4v) is 5.17. The summed E-state index contributed by atoms with van der Waals surface area (Å²) in [6.45, 7) is 4.51. The zero-order chi connectivity index (χ0) is 23.7. The molecule has 34 heavy (non-hydrogen) atoms. The Kier molecular flexibility index (Phi) is 6.37. The molecule has 5 rings (SSSR count). The molecule has 1 saturated carbocycles. The van der Waals surface area contributed by atoms with Gasteiger partial charge < -0.3 is 15.5 Å². The van der Waals surface area contributed by atoms with Crippen molar-refractivity contribution in [3.05, 3.63) is 70.8 Å². The number of carbonyl (C=O) groups excluding carboxylic acids is 3. The van der Waals surface area contributed by atoms with E-state index in [0.29, 0.717) is 12.1 Å². The van der Waals surface area contributed by atoms with E-state index >= 15 is 0 Å². The van der Waals surface area contributed by atoms with Gasteiger partial charge in [0.1, 0.15) is 6.04 Å². The number of aryl methyl sites for hydroxylation is 1. The van der Waals surface area contributed by atoms with Crippen molar-refractivity contribution in [1.82, 2.24) is 20.4 Å². The van der Waals surface area contributed by atoms with Crippen LogP contribution in [-0.4, -0.2) is 59.7 Å². The molecule has 2 aromatic rings. The minimum atomic E-state index is -0.658. The van der Waals surface area contributed by atoms with Gasteiger partial charge in [-0.1, -0.05) is 48.0 Å². The average molecular weight is 461 g/mol. The van der Waals surface area contributed by atoms with Crippen LogP contribution in [0, 0.1) is 6.92 Å². The van der Waals surface area contributed by atoms with Crippen molar-refractivity contribution < 1.29 is 14.4 Å². The number of fused-ring (bicyclic) bond motifs is 1. The molecule has 3 amide bonds. The predicted octanol–water partition coefficient (Wildman–Crippen LogP) is 2.72. The number of rotatable bonds is 8. The number of likely N-dealkylation sites (tertiary alicyclic amines) is 1. The molecule has 2 fully saturated rings. The summed E-state index contributed by atoms with van der Waals surface area (Å²) in [4.78, 5) is 42.7. The van der Waals surface area contributed by atoms with E-state index in [1.807, 2.05) is 18.2 Å². The molecule has 0 radical (unpaired) electrons. The lowest BCUT2D eigenvalue weighted by molar-refractivity contribution is -0.129. The van der Waals surface area contributed by atoms with Gasteiger partial charge in [-0.3, -0.25) is 19.3 Å². The van der Waals surface area contributed by atoms with Crippen molar-refractivity contribution in [3.63, 3.8) is 0 Å². The molecule has 2 N–H and O–H groups in total. The van der Waals surface area contributed by atoms with Crippen LogP contribution in [0.3, 0.4) is 0 Å². The van der Waals surface area contributed by atoms with Crippen LogP contribution in [0.2, 0.25) is 0 Å². The SMILES string of the molecule is Cc1ccc(C(CNC(=O)CNC(=O)C2c3ccccc3C(=O)N2C2CC2)N2CCCC2)cc1. The van der Waals surface area contributed by atoms with E-state index in [1.165, 1.54) is 24.0 Å². The van der Waals surface area contributed by atoms with E-state index in [9.17, 15) is 14.4 Å². The fourth-order valence-electron chi connectivity index (χ4n) is 5.17.